The lowest BCUT2D eigenvalue weighted by Crippen LogP contribution is -2.35. The molecule has 1 heterocycles. The number of aliphatic hydroxyl groups excluding tert-OH is 1. The molecule has 7 nitrogen and oxygen atoms in total. The molecular formula is C22H21FN2O5. The molecule has 0 saturated heterocycles. The number of likely N-dealkylation sites (N-methyl/N-ethyl adjacent to an activating group) is 1. The first-order valence-corrected chi connectivity index (χ1v) is 9.46. The van der Waals surface area contributed by atoms with Crippen molar-refractivity contribution in [1.82, 2.24) is 4.90 Å². The smallest absolute Gasteiger partial charge is 0.343 e. The normalized spacial score (nSPS) is 13.8. The van der Waals surface area contributed by atoms with Gasteiger partial charge in [0.05, 0.1) is 17.9 Å². The molecule has 2 amide bonds. The number of esters is 1. The molecule has 0 aromatic heterocycles. The summed E-state index contributed by atoms with van der Waals surface area (Å²) in [5.74, 6) is -3.12. The first-order chi connectivity index (χ1) is 14.4. The van der Waals surface area contributed by atoms with Crippen LogP contribution in [0.4, 0.5) is 10.1 Å². The highest BCUT2D eigenvalue weighted by molar-refractivity contribution is 6.32. The summed E-state index contributed by atoms with van der Waals surface area (Å²) in [7, 11) is 0. The fraction of sp³-hybridized carbons (Fsp3) is 0.227. The van der Waals surface area contributed by atoms with Crippen LogP contribution in [-0.4, -0.2) is 40.9 Å². The number of carbonyl (C=O) groups excluding carboxylic acids is 3. The van der Waals surface area contributed by atoms with Crippen molar-refractivity contribution < 1.29 is 28.6 Å². The number of imide groups is 1. The van der Waals surface area contributed by atoms with Crippen molar-refractivity contribution in [1.29, 1.82) is 0 Å². The number of amides is 2. The number of hydrogen-bond acceptors (Lipinski definition) is 6. The van der Waals surface area contributed by atoms with Gasteiger partial charge < -0.3 is 14.7 Å². The monoisotopic (exact) mass is 412 g/mol. The standard InChI is InChI=1S/C22H21FN2O5/c1-3-24(4-2)18-19(30-22(29)15-7-5-14(13-26)6-8-15)21(28)25(20(18)27)17-11-9-16(23)10-12-17/h5-12,26H,3-4,13H2,1-2H3. The Morgan fingerprint density at radius 1 is 1.00 bits per heavy atom. The van der Waals surface area contributed by atoms with Crippen molar-refractivity contribution in [2.24, 2.45) is 0 Å². The molecule has 0 aliphatic carbocycles. The van der Waals surface area contributed by atoms with Crippen LogP contribution >= 0.6 is 0 Å². The highest BCUT2D eigenvalue weighted by Crippen LogP contribution is 2.30. The summed E-state index contributed by atoms with van der Waals surface area (Å²) in [6.07, 6.45) is 0. The van der Waals surface area contributed by atoms with E-state index in [1.54, 1.807) is 17.0 Å². The molecule has 30 heavy (non-hydrogen) atoms. The molecule has 0 saturated carbocycles. The van der Waals surface area contributed by atoms with Gasteiger partial charge in [-0.1, -0.05) is 12.1 Å². The van der Waals surface area contributed by atoms with E-state index in [-0.39, 0.29) is 29.3 Å². The van der Waals surface area contributed by atoms with Crippen molar-refractivity contribution in [3.8, 4) is 0 Å². The maximum Gasteiger partial charge on any atom is 0.343 e. The number of aliphatic hydroxyl groups is 1. The second-order valence-corrected chi connectivity index (χ2v) is 6.52. The number of hydrogen-bond donors (Lipinski definition) is 1. The van der Waals surface area contributed by atoms with Crippen LogP contribution in [-0.2, 0) is 20.9 Å². The third kappa shape index (κ3) is 3.95. The van der Waals surface area contributed by atoms with Crippen LogP contribution in [0, 0.1) is 5.82 Å². The van der Waals surface area contributed by atoms with Crippen LogP contribution in [0.15, 0.2) is 60.0 Å². The van der Waals surface area contributed by atoms with E-state index in [1.165, 1.54) is 24.3 Å². The van der Waals surface area contributed by atoms with Crippen molar-refractivity contribution in [2.45, 2.75) is 20.5 Å². The minimum Gasteiger partial charge on any atom is -0.414 e. The predicted molar refractivity (Wildman–Crippen MR) is 107 cm³/mol. The number of nitrogens with zero attached hydrogens (tertiary/aromatic N) is 2. The summed E-state index contributed by atoms with van der Waals surface area (Å²) in [5, 5.41) is 9.13. The van der Waals surface area contributed by atoms with Crippen LogP contribution in [0.5, 0.6) is 0 Å². The van der Waals surface area contributed by atoms with Crippen LogP contribution in [0.1, 0.15) is 29.8 Å². The molecule has 0 unspecified atom stereocenters. The fourth-order valence-electron chi connectivity index (χ4n) is 3.13. The van der Waals surface area contributed by atoms with E-state index < -0.39 is 23.6 Å². The third-order valence-corrected chi connectivity index (χ3v) is 4.75. The highest BCUT2D eigenvalue weighted by atomic mass is 19.1. The van der Waals surface area contributed by atoms with E-state index in [1.807, 2.05) is 13.8 Å². The summed E-state index contributed by atoms with van der Waals surface area (Å²) in [4.78, 5) is 41.2. The van der Waals surface area contributed by atoms with E-state index in [2.05, 4.69) is 0 Å². The van der Waals surface area contributed by atoms with Crippen LogP contribution in [0.25, 0.3) is 0 Å². The molecule has 1 aliphatic heterocycles. The zero-order valence-corrected chi connectivity index (χ0v) is 16.6. The molecule has 1 aliphatic rings. The summed E-state index contributed by atoms with van der Waals surface area (Å²) in [6.45, 7) is 4.26. The first kappa shape index (κ1) is 21.2. The van der Waals surface area contributed by atoms with E-state index in [4.69, 9.17) is 9.84 Å². The average molecular weight is 412 g/mol. The molecular weight excluding hydrogens is 391 g/mol. The zero-order chi connectivity index (χ0) is 21.8. The lowest BCUT2D eigenvalue weighted by atomic mass is 10.1. The molecule has 1 N–H and O–H groups in total. The maximum absolute atomic E-state index is 13.3. The average Bonchev–Trinajstić information content (AvgIpc) is 3.00. The summed E-state index contributed by atoms with van der Waals surface area (Å²) in [6, 6.07) is 10.9. The van der Waals surface area contributed by atoms with Crippen LogP contribution < -0.4 is 4.90 Å². The lowest BCUT2D eigenvalue weighted by Gasteiger charge is -2.22. The molecule has 0 fully saturated rings. The molecule has 0 bridgehead atoms. The van der Waals surface area contributed by atoms with Crippen molar-refractivity contribution in [3.05, 3.63) is 76.9 Å². The van der Waals surface area contributed by atoms with Gasteiger partial charge in [0.15, 0.2) is 5.70 Å². The third-order valence-electron chi connectivity index (χ3n) is 4.75. The van der Waals surface area contributed by atoms with Gasteiger partial charge in [-0.05, 0) is 55.8 Å². The predicted octanol–water partition coefficient (Wildman–Crippen LogP) is 2.60. The van der Waals surface area contributed by atoms with Gasteiger partial charge in [0.2, 0.25) is 5.76 Å². The van der Waals surface area contributed by atoms with Gasteiger partial charge in [-0.2, -0.15) is 0 Å². The maximum atomic E-state index is 13.3. The highest BCUT2D eigenvalue weighted by Gasteiger charge is 2.44. The molecule has 0 spiro atoms. The van der Waals surface area contributed by atoms with Crippen molar-refractivity contribution in [2.75, 3.05) is 18.0 Å². The number of anilines is 1. The Balaban J connectivity index is 1.97. The molecule has 2 aromatic carbocycles. The van der Waals surface area contributed by atoms with Gasteiger partial charge in [0, 0.05) is 13.1 Å². The summed E-state index contributed by atoms with van der Waals surface area (Å²) < 4.78 is 18.7. The number of ether oxygens (including phenoxy) is 1. The van der Waals surface area contributed by atoms with Gasteiger partial charge >= 0.3 is 11.9 Å². The summed E-state index contributed by atoms with van der Waals surface area (Å²) >= 11 is 0. The number of benzene rings is 2. The van der Waals surface area contributed by atoms with Crippen molar-refractivity contribution >= 4 is 23.5 Å². The largest absolute Gasteiger partial charge is 0.414 e. The van der Waals surface area contributed by atoms with E-state index in [0.717, 1.165) is 17.0 Å². The molecule has 8 heteroatoms. The fourth-order valence-corrected chi connectivity index (χ4v) is 3.13. The van der Waals surface area contributed by atoms with Crippen molar-refractivity contribution in [3.63, 3.8) is 0 Å². The minimum absolute atomic E-state index is 0.0188. The Morgan fingerprint density at radius 2 is 1.60 bits per heavy atom. The molecule has 0 radical (unpaired) electrons. The number of carbonyl (C=O) groups is 3. The number of halogens is 1. The first-order valence-electron chi connectivity index (χ1n) is 9.46. The minimum atomic E-state index is -0.804. The Bertz CT molecular complexity index is 995. The SMILES string of the molecule is CCN(CC)C1=C(OC(=O)c2ccc(CO)cc2)C(=O)N(c2ccc(F)cc2)C1=O. The van der Waals surface area contributed by atoms with E-state index in [9.17, 15) is 18.8 Å². The Morgan fingerprint density at radius 3 is 2.13 bits per heavy atom. The quantitative estimate of drug-likeness (QED) is 0.556. The topological polar surface area (TPSA) is 87.2 Å². The van der Waals surface area contributed by atoms with Crippen LogP contribution in [0.3, 0.4) is 0 Å². The molecule has 3 rings (SSSR count). The lowest BCUT2D eigenvalue weighted by molar-refractivity contribution is -0.122. The second-order valence-electron chi connectivity index (χ2n) is 6.52. The van der Waals surface area contributed by atoms with E-state index >= 15 is 0 Å². The second kappa shape index (κ2) is 8.87. The number of rotatable bonds is 7. The van der Waals surface area contributed by atoms with Gasteiger partial charge in [0.1, 0.15) is 5.82 Å². The zero-order valence-electron chi connectivity index (χ0n) is 16.6. The van der Waals surface area contributed by atoms with Gasteiger partial charge in [-0.15, -0.1) is 0 Å². The Kier molecular flexibility index (Phi) is 6.27. The van der Waals surface area contributed by atoms with E-state index in [0.29, 0.717) is 18.7 Å². The molecule has 2 aromatic rings. The Labute approximate surface area is 173 Å². The van der Waals surface area contributed by atoms with Gasteiger partial charge in [0.25, 0.3) is 5.91 Å². The van der Waals surface area contributed by atoms with Gasteiger partial charge in [-0.25, -0.2) is 14.1 Å². The molecule has 0 atom stereocenters. The Hall–Kier alpha value is -3.52. The molecule has 156 valence electrons. The summed E-state index contributed by atoms with van der Waals surface area (Å²) in [5.41, 5.74) is 0.937. The van der Waals surface area contributed by atoms with Gasteiger partial charge in [-0.3, -0.25) is 9.59 Å². The van der Waals surface area contributed by atoms with Crippen LogP contribution in [0.2, 0.25) is 0 Å².